The number of methoxy groups -OCH3 is 1. The van der Waals surface area contributed by atoms with E-state index in [1.807, 2.05) is 0 Å². The Hall–Kier alpha value is -1.27. The summed E-state index contributed by atoms with van der Waals surface area (Å²) in [5, 5.41) is 12.5. The largest absolute Gasteiger partial charge is 0.493 e. The van der Waals surface area contributed by atoms with Gasteiger partial charge in [0.2, 0.25) is 0 Å². The Labute approximate surface area is 104 Å². The van der Waals surface area contributed by atoms with Crippen LogP contribution in [-0.2, 0) is 5.92 Å². The fourth-order valence-corrected chi connectivity index (χ4v) is 1.63. The van der Waals surface area contributed by atoms with Gasteiger partial charge in [-0.15, -0.1) is 0 Å². The van der Waals surface area contributed by atoms with Gasteiger partial charge in [-0.05, 0) is 19.2 Å². The third-order valence-electron chi connectivity index (χ3n) is 2.54. The van der Waals surface area contributed by atoms with E-state index in [4.69, 9.17) is 4.74 Å². The molecule has 1 rings (SSSR count). The number of ether oxygens (including phenoxy) is 1. The van der Waals surface area contributed by atoms with Crippen LogP contribution in [0.2, 0.25) is 0 Å². The number of nitrogens with one attached hydrogen (secondary N) is 1. The molecule has 0 aliphatic carbocycles. The number of aliphatic hydroxyl groups excluding tert-OH is 1. The third-order valence-corrected chi connectivity index (χ3v) is 2.54. The zero-order chi connectivity index (χ0) is 13.9. The first kappa shape index (κ1) is 14.8. The van der Waals surface area contributed by atoms with E-state index in [0.29, 0.717) is 13.0 Å². The van der Waals surface area contributed by atoms with Crippen LogP contribution in [0.4, 0.5) is 13.2 Å². The van der Waals surface area contributed by atoms with Gasteiger partial charge in [-0.2, -0.15) is 0 Å². The smallest absolute Gasteiger partial charge is 0.270 e. The monoisotopic (exact) mass is 263 g/mol. The molecular weight excluding hydrogens is 247 g/mol. The van der Waals surface area contributed by atoms with Crippen molar-refractivity contribution in [2.45, 2.75) is 19.0 Å². The summed E-state index contributed by atoms with van der Waals surface area (Å²) in [5.41, 5.74) is -0.491. The second kappa shape index (κ2) is 5.58. The van der Waals surface area contributed by atoms with Crippen LogP contribution >= 0.6 is 0 Å². The molecular formula is C12H16F3NO2. The van der Waals surface area contributed by atoms with Crippen LogP contribution in [0.3, 0.4) is 0 Å². The highest BCUT2D eigenvalue weighted by Gasteiger charge is 2.28. The Morgan fingerprint density at radius 3 is 2.50 bits per heavy atom. The van der Waals surface area contributed by atoms with Crippen molar-refractivity contribution in [3.63, 3.8) is 0 Å². The Morgan fingerprint density at radius 2 is 2.06 bits per heavy atom. The second-order valence-corrected chi connectivity index (χ2v) is 4.04. The number of likely N-dealkylation sites (N-methyl/N-ethyl adjacent to an activating group) is 1. The number of hydrogen-bond donors (Lipinski definition) is 2. The average Bonchev–Trinajstić information content (AvgIpc) is 2.27. The van der Waals surface area contributed by atoms with Gasteiger partial charge in [-0.1, -0.05) is 0 Å². The molecule has 0 saturated heterocycles. The Morgan fingerprint density at radius 1 is 1.44 bits per heavy atom. The summed E-state index contributed by atoms with van der Waals surface area (Å²) >= 11 is 0. The van der Waals surface area contributed by atoms with Gasteiger partial charge < -0.3 is 15.2 Å². The van der Waals surface area contributed by atoms with Crippen LogP contribution < -0.4 is 10.1 Å². The molecule has 0 fully saturated rings. The molecule has 0 radical (unpaired) electrons. The zero-order valence-electron chi connectivity index (χ0n) is 10.4. The van der Waals surface area contributed by atoms with Crippen molar-refractivity contribution in [3.05, 3.63) is 29.1 Å². The van der Waals surface area contributed by atoms with Gasteiger partial charge in [0.1, 0.15) is 0 Å². The molecule has 102 valence electrons. The van der Waals surface area contributed by atoms with Gasteiger partial charge >= 0.3 is 0 Å². The summed E-state index contributed by atoms with van der Waals surface area (Å²) in [7, 11) is 2.81. The van der Waals surface area contributed by atoms with E-state index in [1.165, 1.54) is 7.11 Å². The lowest BCUT2D eigenvalue weighted by molar-refractivity contribution is 0.0168. The van der Waals surface area contributed by atoms with E-state index >= 15 is 0 Å². The standard InChI is InChI=1S/C12H16F3NO2/c1-12(14,15)7-4-8(10(17)6-16-2)11(18-3)9(13)5-7/h4-5,10,16-17H,6H2,1-3H3. The average molecular weight is 263 g/mol. The van der Waals surface area contributed by atoms with E-state index < -0.39 is 23.4 Å². The maximum atomic E-state index is 13.7. The number of hydrogen-bond acceptors (Lipinski definition) is 3. The maximum Gasteiger partial charge on any atom is 0.270 e. The van der Waals surface area contributed by atoms with Gasteiger partial charge in [-0.3, -0.25) is 0 Å². The molecule has 0 amide bonds. The molecule has 18 heavy (non-hydrogen) atoms. The van der Waals surface area contributed by atoms with Crippen LogP contribution in [0.25, 0.3) is 0 Å². The number of benzene rings is 1. The van der Waals surface area contributed by atoms with Crippen molar-refractivity contribution in [1.82, 2.24) is 5.32 Å². The van der Waals surface area contributed by atoms with Crippen molar-refractivity contribution in [2.75, 3.05) is 20.7 Å². The molecule has 1 aromatic carbocycles. The molecule has 0 aliphatic rings. The highest BCUT2D eigenvalue weighted by atomic mass is 19.3. The minimum Gasteiger partial charge on any atom is -0.493 e. The minimum absolute atomic E-state index is 0.00313. The molecule has 0 bridgehead atoms. The molecule has 0 heterocycles. The van der Waals surface area contributed by atoms with E-state index in [0.717, 1.165) is 6.07 Å². The minimum atomic E-state index is -3.18. The van der Waals surface area contributed by atoms with E-state index in [-0.39, 0.29) is 17.9 Å². The fraction of sp³-hybridized carbons (Fsp3) is 0.500. The van der Waals surface area contributed by atoms with Crippen molar-refractivity contribution in [1.29, 1.82) is 0 Å². The molecule has 6 heteroatoms. The van der Waals surface area contributed by atoms with E-state index in [1.54, 1.807) is 7.05 Å². The topological polar surface area (TPSA) is 41.5 Å². The molecule has 0 spiro atoms. The first-order chi connectivity index (χ1) is 8.31. The van der Waals surface area contributed by atoms with Crippen LogP contribution in [0.5, 0.6) is 5.75 Å². The summed E-state index contributed by atoms with van der Waals surface area (Å²) in [5.74, 6) is -4.31. The quantitative estimate of drug-likeness (QED) is 0.855. The zero-order valence-corrected chi connectivity index (χ0v) is 10.4. The molecule has 1 unspecified atom stereocenters. The summed E-state index contributed by atoms with van der Waals surface area (Å²) in [6.07, 6.45) is -1.12. The van der Waals surface area contributed by atoms with E-state index in [9.17, 15) is 18.3 Å². The van der Waals surface area contributed by atoms with Crippen molar-refractivity contribution in [2.24, 2.45) is 0 Å². The predicted molar refractivity (Wildman–Crippen MR) is 61.4 cm³/mol. The molecule has 2 N–H and O–H groups in total. The van der Waals surface area contributed by atoms with Crippen molar-refractivity contribution < 1.29 is 23.0 Å². The van der Waals surface area contributed by atoms with Gasteiger partial charge in [-0.25, -0.2) is 13.2 Å². The van der Waals surface area contributed by atoms with Crippen LogP contribution in [0, 0.1) is 5.82 Å². The molecule has 3 nitrogen and oxygen atoms in total. The second-order valence-electron chi connectivity index (χ2n) is 4.04. The highest BCUT2D eigenvalue weighted by molar-refractivity contribution is 5.41. The Kier molecular flexibility index (Phi) is 4.59. The molecule has 1 atom stereocenters. The summed E-state index contributed by atoms with van der Waals surface area (Å²) in [4.78, 5) is 0. The Bertz CT molecular complexity index is 419. The summed E-state index contributed by atoms with van der Waals surface area (Å²) in [6.45, 7) is 0.775. The van der Waals surface area contributed by atoms with Gasteiger partial charge in [0, 0.05) is 24.6 Å². The molecule has 0 aliphatic heterocycles. The van der Waals surface area contributed by atoms with Crippen molar-refractivity contribution >= 4 is 0 Å². The Balaban J connectivity index is 3.32. The molecule has 0 aromatic heterocycles. The van der Waals surface area contributed by atoms with Gasteiger partial charge in [0.15, 0.2) is 11.6 Å². The SMILES string of the molecule is CNCC(O)c1cc(C(C)(F)F)cc(F)c1OC. The third kappa shape index (κ3) is 3.14. The number of alkyl halides is 2. The normalized spacial score (nSPS) is 13.5. The molecule has 1 aromatic rings. The number of aliphatic hydroxyl groups is 1. The van der Waals surface area contributed by atoms with Crippen molar-refractivity contribution in [3.8, 4) is 5.75 Å². The number of halogens is 3. The predicted octanol–water partition coefficient (Wildman–Crippen LogP) is 2.20. The maximum absolute atomic E-state index is 13.7. The first-order valence-electron chi connectivity index (χ1n) is 5.39. The fourth-order valence-electron chi connectivity index (χ4n) is 1.63. The summed E-state index contributed by atoms with van der Waals surface area (Å²) in [6, 6.07) is 1.78. The highest BCUT2D eigenvalue weighted by Crippen LogP contribution is 2.35. The van der Waals surface area contributed by atoms with Crippen LogP contribution in [0.15, 0.2) is 12.1 Å². The van der Waals surface area contributed by atoms with Gasteiger partial charge in [0.25, 0.3) is 5.92 Å². The van der Waals surface area contributed by atoms with Crippen LogP contribution in [0.1, 0.15) is 24.2 Å². The van der Waals surface area contributed by atoms with Crippen LogP contribution in [-0.4, -0.2) is 25.8 Å². The van der Waals surface area contributed by atoms with Gasteiger partial charge in [0.05, 0.1) is 13.2 Å². The molecule has 0 saturated carbocycles. The number of rotatable bonds is 5. The van der Waals surface area contributed by atoms with E-state index in [2.05, 4.69) is 5.32 Å². The summed E-state index contributed by atoms with van der Waals surface area (Å²) < 4.78 is 44.8. The first-order valence-corrected chi connectivity index (χ1v) is 5.39. The lowest BCUT2D eigenvalue weighted by Gasteiger charge is -2.19. The lowest BCUT2D eigenvalue weighted by atomic mass is 10.0. The lowest BCUT2D eigenvalue weighted by Crippen LogP contribution is -2.19.